The van der Waals surface area contributed by atoms with E-state index in [9.17, 15) is 0 Å². The van der Waals surface area contributed by atoms with Gasteiger partial charge in [0.1, 0.15) is 11.3 Å². The molecule has 5 heteroatoms. The maximum absolute atomic E-state index is 6.25. The molecule has 1 aromatic carbocycles. The first-order chi connectivity index (χ1) is 9.74. The zero-order valence-electron chi connectivity index (χ0n) is 10.8. The van der Waals surface area contributed by atoms with E-state index in [1.165, 1.54) is 0 Å². The molecule has 0 radical (unpaired) electrons. The van der Waals surface area contributed by atoms with Crippen molar-refractivity contribution in [3.63, 3.8) is 0 Å². The fourth-order valence-electron chi connectivity index (χ4n) is 2.40. The molecule has 1 aromatic heterocycles. The average molecular weight is 309 g/mol. The summed E-state index contributed by atoms with van der Waals surface area (Å²) in [7, 11) is 0. The van der Waals surface area contributed by atoms with Gasteiger partial charge in [-0.15, -0.1) is 0 Å². The van der Waals surface area contributed by atoms with Crippen LogP contribution in [0.1, 0.15) is 11.7 Å². The molecule has 1 aliphatic rings. The van der Waals surface area contributed by atoms with Gasteiger partial charge >= 0.3 is 0 Å². The SMILES string of the molecule is Clc1cc(N2CCOC(c3ccccc3Cl)C2)ccn1. The van der Waals surface area contributed by atoms with Crippen LogP contribution in [0.25, 0.3) is 0 Å². The summed E-state index contributed by atoms with van der Waals surface area (Å²) in [5.74, 6) is 0. The van der Waals surface area contributed by atoms with Gasteiger partial charge in [-0.05, 0) is 18.2 Å². The highest BCUT2D eigenvalue weighted by molar-refractivity contribution is 6.31. The van der Waals surface area contributed by atoms with Crippen LogP contribution in [0.5, 0.6) is 0 Å². The van der Waals surface area contributed by atoms with Gasteiger partial charge in [-0.3, -0.25) is 0 Å². The van der Waals surface area contributed by atoms with Crippen LogP contribution < -0.4 is 4.90 Å². The Morgan fingerprint density at radius 1 is 1.20 bits per heavy atom. The molecule has 0 spiro atoms. The number of benzene rings is 1. The monoisotopic (exact) mass is 308 g/mol. The van der Waals surface area contributed by atoms with Gasteiger partial charge in [-0.25, -0.2) is 4.98 Å². The Morgan fingerprint density at radius 3 is 2.85 bits per heavy atom. The fourth-order valence-corrected chi connectivity index (χ4v) is 2.82. The van der Waals surface area contributed by atoms with Gasteiger partial charge in [-0.1, -0.05) is 41.4 Å². The van der Waals surface area contributed by atoms with Crippen molar-refractivity contribution in [1.29, 1.82) is 0 Å². The lowest BCUT2D eigenvalue weighted by atomic mass is 10.1. The molecule has 0 saturated carbocycles. The van der Waals surface area contributed by atoms with E-state index in [2.05, 4.69) is 9.88 Å². The molecule has 3 nitrogen and oxygen atoms in total. The highest BCUT2D eigenvalue weighted by Crippen LogP contribution is 2.30. The lowest BCUT2D eigenvalue weighted by Gasteiger charge is -2.35. The highest BCUT2D eigenvalue weighted by atomic mass is 35.5. The van der Waals surface area contributed by atoms with Gasteiger partial charge in [0.2, 0.25) is 0 Å². The molecule has 104 valence electrons. The zero-order chi connectivity index (χ0) is 13.9. The Kier molecular flexibility index (Phi) is 4.10. The van der Waals surface area contributed by atoms with Crippen molar-refractivity contribution < 1.29 is 4.74 Å². The second kappa shape index (κ2) is 6.00. The summed E-state index contributed by atoms with van der Waals surface area (Å²) in [6, 6.07) is 11.6. The second-order valence-electron chi connectivity index (χ2n) is 4.66. The van der Waals surface area contributed by atoms with Crippen LogP contribution in [-0.2, 0) is 4.74 Å². The van der Waals surface area contributed by atoms with Crippen molar-refractivity contribution >= 4 is 28.9 Å². The Labute approximate surface area is 128 Å². The van der Waals surface area contributed by atoms with Crippen molar-refractivity contribution in [2.45, 2.75) is 6.10 Å². The summed E-state index contributed by atoms with van der Waals surface area (Å²) < 4.78 is 5.85. The maximum Gasteiger partial charge on any atom is 0.131 e. The smallest absolute Gasteiger partial charge is 0.131 e. The Balaban J connectivity index is 1.82. The summed E-state index contributed by atoms with van der Waals surface area (Å²) >= 11 is 12.2. The first-order valence-electron chi connectivity index (χ1n) is 6.46. The van der Waals surface area contributed by atoms with E-state index in [1.807, 2.05) is 36.4 Å². The number of morpholine rings is 1. The molecule has 0 N–H and O–H groups in total. The molecule has 0 amide bonds. The van der Waals surface area contributed by atoms with E-state index in [0.717, 1.165) is 29.4 Å². The van der Waals surface area contributed by atoms with Crippen molar-refractivity contribution in [3.05, 3.63) is 58.3 Å². The number of hydrogen-bond donors (Lipinski definition) is 0. The lowest BCUT2D eigenvalue weighted by molar-refractivity contribution is 0.0398. The number of aromatic nitrogens is 1. The van der Waals surface area contributed by atoms with Crippen LogP contribution in [0.15, 0.2) is 42.6 Å². The van der Waals surface area contributed by atoms with Gasteiger partial charge in [-0.2, -0.15) is 0 Å². The largest absolute Gasteiger partial charge is 0.370 e. The summed E-state index contributed by atoms with van der Waals surface area (Å²) in [5, 5.41) is 1.25. The number of halogens is 2. The third kappa shape index (κ3) is 2.90. The molecular formula is C15H14Cl2N2O. The number of anilines is 1. The van der Waals surface area contributed by atoms with Crippen LogP contribution in [0.2, 0.25) is 10.2 Å². The summed E-state index contributed by atoms with van der Waals surface area (Å²) in [5.41, 5.74) is 2.09. The van der Waals surface area contributed by atoms with E-state index in [-0.39, 0.29) is 6.10 Å². The minimum absolute atomic E-state index is 0.0237. The quantitative estimate of drug-likeness (QED) is 0.785. The number of ether oxygens (including phenoxy) is 1. The Bertz CT molecular complexity index is 606. The molecule has 3 rings (SSSR count). The van der Waals surface area contributed by atoms with Gasteiger partial charge in [0.05, 0.1) is 6.61 Å². The van der Waals surface area contributed by atoms with Gasteiger partial charge in [0, 0.05) is 35.6 Å². The first-order valence-corrected chi connectivity index (χ1v) is 7.22. The second-order valence-corrected chi connectivity index (χ2v) is 5.46. The number of pyridine rings is 1. The normalized spacial score (nSPS) is 19.1. The van der Waals surface area contributed by atoms with Crippen LogP contribution in [-0.4, -0.2) is 24.7 Å². The van der Waals surface area contributed by atoms with Crippen LogP contribution in [0.3, 0.4) is 0 Å². The molecule has 2 aromatic rings. The Morgan fingerprint density at radius 2 is 2.05 bits per heavy atom. The van der Waals surface area contributed by atoms with Crippen LogP contribution in [0, 0.1) is 0 Å². The molecule has 1 fully saturated rings. The third-order valence-electron chi connectivity index (χ3n) is 3.39. The highest BCUT2D eigenvalue weighted by Gasteiger charge is 2.23. The van der Waals surface area contributed by atoms with Crippen molar-refractivity contribution in [1.82, 2.24) is 4.98 Å². The van der Waals surface area contributed by atoms with E-state index in [1.54, 1.807) is 6.20 Å². The Hall–Kier alpha value is -1.29. The maximum atomic E-state index is 6.25. The van der Waals surface area contributed by atoms with Crippen molar-refractivity contribution in [2.24, 2.45) is 0 Å². The summed E-state index contributed by atoms with van der Waals surface area (Å²) in [6.07, 6.45) is 1.70. The number of nitrogens with zero attached hydrogens (tertiary/aromatic N) is 2. The van der Waals surface area contributed by atoms with Crippen LogP contribution in [0.4, 0.5) is 5.69 Å². The first kappa shape index (κ1) is 13.7. The summed E-state index contributed by atoms with van der Waals surface area (Å²) in [4.78, 5) is 6.25. The molecule has 0 bridgehead atoms. The predicted molar refractivity (Wildman–Crippen MR) is 81.6 cm³/mol. The standard InChI is InChI=1S/C15H14Cl2N2O/c16-13-4-2-1-3-12(13)14-10-19(7-8-20-14)11-5-6-18-15(17)9-11/h1-6,9,14H,7-8,10H2. The van der Waals surface area contributed by atoms with E-state index in [0.29, 0.717) is 11.8 Å². The topological polar surface area (TPSA) is 25.4 Å². The predicted octanol–water partition coefficient (Wildman–Crippen LogP) is 3.97. The fraction of sp³-hybridized carbons (Fsp3) is 0.267. The summed E-state index contributed by atoms with van der Waals surface area (Å²) in [6.45, 7) is 2.25. The molecule has 0 aliphatic carbocycles. The molecule has 20 heavy (non-hydrogen) atoms. The molecule has 2 heterocycles. The van der Waals surface area contributed by atoms with E-state index in [4.69, 9.17) is 27.9 Å². The number of rotatable bonds is 2. The molecular weight excluding hydrogens is 295 g/mol. The average Bonchev–Trinajstić information content (AvgIpc) is 2.48. The van der Waals surface area contributed by atoms with Crippen LogP contribution >= 0.6 is 23.2 Å². The molecule has 1 saturated heterocycles. The lowest BCUT2D eigenvalue weighted by Crippen LogP contribution is -2.38. The van der Waals surface area contributed by atoms with Gasteiger partial charge in [0.15, 0.2) is 0 Å². The third-order valence-corrected chi connectivity index (χ3v) is 3.94. The van der Waals surface area contributed by atoms with Gasteiger partial charge < -0.3 is 9.64 Å². The molecule has 1 unspecified atom stereocenters. The number of hydrogen-bond acceptors (Lipinski definition) is 3. The van der Waals surface area contributed by atoms with E-state index >= 15 is 0 Å². The van der Waals surface area contributed by atoms with Gasteiger partial charge in [0.25, 0.3) is 0 Å². The molecule has 1 aliphatic heterocycles. The molecule has 1 atom stereocenters. The minimum atomic E-state index is -0.0237. The van der Waals surface area contributed by atoms with Crippen molar-refractivity contribution in [3.8, 4) is 0 Å². The van der Waals surface area contributed by atoms with Crippen molar-refractivity contribution in [2.75, 3.05) is 24.6 Å². The van der Waals surface area contributed by atoms with E-state index < -0.39 is 0 Å². The zero-order valence-corrected chi connectivity index (χ0v) is 12.3. The minimum Gasteiger partial charge on any atom is -0.370 e.